The van der Waals surface area contributed by atoms with Crippen LogP contribution in [-0.4, -0.2) is 37.7 Å². The van der Waals surface area contributed by atoms with Crippen LogP contribution >= 0.6 is 0 Å². The van der Waals surface area contributed by atoms with Crippen molar-refractivity contribution in [1.29, 1.82) is 5.26 Å². The number of aliphatic imine (C=N–C) groups is 1. The first kappa shape index (κ1) is 15.2. The smallest absolute Gasteiger partial charge is 0.133 e. The van der Waals surface area contributed by atoms with Crippen LogP contribution in [0.25, 0.3) is 0 Å². The topological polar surface area (TPSA) is 75.5 Å². The third-order valence-electron chi connectivity index (χ3n) is 3.17. The van der Waals surface area contributed by atoms with Crippen molar-refractivity contribution in [2.45, 2.75) is 19.3 Å². The number of nitrogens with one attached hydrogen (secondary N) is 3. The Kier molecular flexibility index (Phi) is 4.73. The third-order valence-corrected chi connectivity index (χ3v) is 3.17. The highest BCUT2D eigenvalue weighted by molar-refractivity contribution is 5.54. The van der Waals surface area contributed by atoms with Crippen molar-refractivity contribution in [3.05, 3.63) is 29.6 Å². The number of rotatable bonds is 4. The first-order chi connectivity index (χ1) is 10.0. The van der Waals surface area contributed by atoms with Gasteiger partial charge in [-0.05, 0) is 30.7 Å². The number of nitrogens with zero attached hydrogens (tertiary/aromatic N) is 3. The van der Waals surface area contributed by atoms with Crippen molar-refractivity contribution < 1.29 is 4.39 Å². The standard InChI is InChI=1S/C14H19FN6/c1-9-6-10(4-5-12(9)15)18-14-11(7-16)13(19-20-14)17-8-21(2)3/h4-6,8,11,13-14,18-20H,1-3H3/b17-8+. The lowest BCUT2D eigenvalue weighted by molar-refractivity contribution is 0.525. The molecule has 3 N–H and O–H groups in total. The molecular weight excluding hydrogens is 271 g/mol. The van der Waals surface area contributed by atoms with Crippen LogP contribution in [0.2, 0.25) is 0 Å². The normalized spacial score (nSPS) is 25.0. The van der Waals surface area contributed by atoms with Gasteiger partial charge in [0.05, 0.1) is 12.4 Å². The van der Waals surface area contributed by atoms with E-state index in [1.54, 1.807) is 30.3 Å². The minimum atomic E-state index is -0.383. The van der Waals surface area contributed by atoms with Gasteiger partial charge in [0.25, 0.3) is 0 Å². The van der Waals surface area contributed by atoms with Gasteiger partial charge in [-0.2, -0.15) is 5.26 Å². The molecule has 21 heavy (non-hydrogen) atoms. The lowest BCUT2D eigenvalue weighted by Crippen LogP contribution is -2.38. The number of anilines is 1. The van der Waals surface area contributed by atoms with Gasteiger partial charge in [0.15, 0.2) is 0 Å². The largest absolute Gasteiger partial charge is 0.369 e. The third kappa shape index (κ3) is 3.68. The summed E-state index contributed by atoms with van der Waals surface area (Å²) in [6.07, 6.45) is 1.02. The molecule has 112 valence electrons. The van der Waals surface area contributed by atoms with Gasteiger partial charge < -0.3 is 10.2 Å². The molecule has 1 aliphatic heterocycles. The Hall–Kier alpha value is -2.17. The second kappa shape index (κ2) is 6.52. The molecule has 1 aliphatic rings. The Balaban J connectivity index is 2.07. The molecule has 1 aromatic carbocycles. The summed E-state index contributed by atoms with van der Waals surface area (Å²) in [7, 11) is 3.73. The molecule has 0 aromatic heterocycles. The fourth-order valence-electron chi connectivity index (χ4n) is 2.06. The maximum absolute atomic E-state index is 13.3. The van der Waals surface area contributed by atoms with E-state index in [4.69, 9.17) is 0 Å². The maximum Gasteiger partial charge on any atom is 0.133 e. The molecule has 0 saturated carbocycles. The number of aryl methyl sites for hydroxylation is 1. The van der Waals surface area contributed by atoms with Crippen molar-refractivity contribution in [1.82, 2.24) is 15.8 Å². The van der Waals surface area contributed by atoms with Gasteiger partial charge in [-0.3, -0.25) is 4.99 Å². The summed E-state index contributed by atoms with van der Waals surface area (Å²) in [4.78, 5) is 6.11. The van der Waals surface area contributed by atoms with Gasteiger partial charge in [-0.25, -0.2) is 15.2 Å². The molecule has 3 unspecified atom stereocenters. The minimum Gasteiger partial charge on any atom is -0.369 e. The van der Waals surface area contributed by atoms with Crippen LogP contribution in [0.15, 0.2) is 23.2 Å². The maximum atomic E-state index is 13.3. The van der Waals surface area contributed by atoms with E-state index in [1.165, 1.54) is 6.07 Å². The van der Waals surface area contributed by atoms with E-state index in [2.05, 4.69) is 27.2 Å². The zero-order valence-corrected chi connectivity index (χ0v) is 12.3. The average Bonchev–Trinajstić information content (AvgIpc) is 2.82. The van der Waals surface area contributed by atoms with Crippen LogP contribution in [0.4, 0.5) is 10.1 Å². The van der Waals surface area contributed by atoms with Crippen molar-refractivity contribution in [3.8, 4) is 6.07 Å². The Morgan fingerprint density at radius 2 is 2.19 bits per heavy atom. The van der Waals surface area contributed by atoms with Gasteiger partial charge in [-0.1, -0.05) is 0 Å². The first-order valence-electron chi connectivity index (χ1n) is 6.64. The van der Waals surface area contributed by atoms with E-state index in [1.807, 2.05) is 14.1 Å². The molecule has 2 rings (SSSR count). The predicted molar refractivity (Wildman–Crippen MR) is 79.9 cm³/mol. The van der Waals surface area contributed by atoms with Crippen LogP contribution in [0.5, 0.6) is 0 Å². The van der Waals surface area contributed by atoms with E-state index in [9.17, 15) is 9.65 Å². The Labute approximate surface area is 123 Å². The van der Waals surface area contributed by atoms with Crippen molar-refractivity contribution in [2.24, 2.45) is 10.9 Å². The van der Waals surface area contributed by atoms with E-state index in [0.29, 0.717) is 5.56 Å². The minimum absolute atomic E-state index is 0.247. The van der Waals surface area contributed by atoms with Crippen molar-refractivity contribution >= 4 is 12.0 Å². The second-order valence-electron chi connectivity index (χ2n) is 5.20. The molecule has 0 radical (unpaired) electrons. The zero-order chi connectivity index (χ0) is 15.4. The molecule has 0 amide bonds. The van der Waals surface area contributed by atoms with Crippen LogP contribution in [0.1, 0.15) is 5.56 Å². The van der Waals surface area contributed by atoms with E-state index in [0.717, 1.165) is 5.69 Å². The molecule has 1 saturated heterocycles. The van der Waals surface area contributed by atoms with E-state index < -0.39 is 0 Å². The fourth-order valence-corrected chi connectivity index (χ4v) is 2.06. The molecule has 3 atom stereocenters. The fraction of sp³-hybridized carbons (Fsp3) is 0.429. The molecule has 1 aromatic rings. The summed E-state index contributed by atoms with van der Waals surface area (Å²) in [6, 6.07) is 7.00. The molecule has 0 spiro atoms. The second-order valence-corrected chi connectivity index (χ2v) is 5.20. The van der Waals surface area contributed by atoms with Gasteiger partial charge >= 0.3 is 0 Å². The monoisotopic (exact) mass is 290 g/mol. The van der Waals surface area contributed by atoms with Crippen LogP contribution in [-0.2, 0) is 0 Å². The van der Waals surface area contributed by atoms with Crippen LogP contribution in [0.3, 0.4) is 0 Å². The van der Waals surface area contributed by atoms with Crippen molar-refractivity contribution in [2.75, 3.05) is 19.4 Å². The number of hydrazine groups is 1. The first-order valence-corrected chi connectivity index (χ1v) is 6.64. The van der Waals surface area contributed by atoms with Crippen LogP contribution in [0, 0.1) is 30.0 Å². The highest BCUT2D eigenvalue weighted by Gasteiger charge is 2.35. The lowest BCUT2D eigenvalue weighted by atomic mass is 10.1. The summed E-state index contributed by atoms with van der Waals surface area (Å²) in [5, 5.41) is 12.5. The summed E-state index contributed by atoms with van der Waals surface area (Å²) in [5.74, 6) is -0.630. The zero-order valence-electron chi connectivity index (χ0n) is 12.3. The molecule has 7 heteroatoms. The molecule has 0 bridgehead atoms. The van der Waals surface area contributed by atoms with E-state index >= 15 is 0 Å². The quantitative estimate of drug-likeness (QED) is 0.570. The summed E-state index contributed by atoms with van der Waals surface area (Å²) in [6.45, 7) is 1.70. The lowest BCUT2D eigenvalue weighted by Gasteiger charge is -2.17. The van der Waals surface area contributed by atoms with Gasteiger partial charge in [0.2, 0.25) is 0 Å². The average molecular weight is 290 g/mol. The number of hydrogen-bond acceptors (Lipinski definition) is 5. The number of hydrogen-bond donors (Lipinski definition) is 3. The predicted octanol–water partition coefficient (Wildman–Crippen LogP) is 1.04. The molecule has 0 aliphatic carbocycles. The summed E-state index contributed by atoms with van der Waals surface area (Å²) >= 11 is 0. The summed E-state index contributed by atoms with van der Waals surface area (Å²) in [5.41, 5.74) is 7.29. The summed E-state index contributed by atoms with van der Waals surface area (Å²) < 4.78 is 13.3. The molecule has 1 heterocycles. The van der Waals surface area contributed by atoms with Gasteiger partial charge in [-0.15, -0.1) is 0 Å². The number of benzene rings is 1. The molecule has 6 nitrogen and oxygen atoms in total. The number of nitriles is 1. The van der Waals surface area contributed by atoms with Crippen LogP contribution < -0.4 is 16.2 Å². The SMILES string of the molecule is Cc1cc(NC2NNC(/N=C/N(C)C)C2C#N)ccc1F. The van der Waals surface area contributed by atoms with Crippen molar-refractivity contribution in [3.63, 3.8) is 0 Å². The van der Waals surface area contributed by atoms with Gasteiger partial charge in [0.1, 0.15) is 24.1 Å². The Bertz CT molecular complexity index is 565. The van der Waals surface area contributed by atoms with Gasteiger partial charge in [0, 0.05) is 19.8 Å². The number of halogens is 1. The Morgan fingerprint density at radius 3 is 2.81 bits per heavy atom. The Morgan fingerprint density at radius 1 is 1.43 bits per heavy atom. The molecule has 1 fully saturated rings. The van der Waals surface area contributed by atoms with E-state index in [-0.39, 0.29) is 24.1 Å². The highest BCUT2D eigenvalue weighted by Crippen LogP contribution is 2.20. The highest BCUT2D eigenvalue weighted by atomic mass is 19.1. The molecular formula is C14H19FN6.